The first-order valence-corrected chi connectivity index (χ1v) is 7.29. The van der Waals surface area contributed by atoms with Gasteiger partial charge in [0.25, 0.3) is 5.91 Å². The highest BCUT2D eigenvalue weighted by atomic mass is 35.5. The van der Waals surface area contributed by atoms with Gasteiger partial charge in [-0.25, -0.2) is 5.06 Å². The highest BCUT2D eigenvalue weighted by Crippen LogP contribution is 2.24. The molecule has 1 aromatic carbocycles. The van der Waals surface area contributed by atoms with Gasteiger partial charge in [-0.15, -0.1) is 0 Å². The summed E-state index contributed by atoms with van der Waals surface area (Å²) in [5.74, 6) is 0.240. The van der Waals surface area contributed by atoms with Gasteiger partial charge in [0, 0.05) is 23.2 Å². The van der Waals surface area contributed by atoms with Crippen molar-refractivity contribution in [3.8, 4) is 11.3 Å². The summed E-state index contributed by atoms with van der Waals surface area (Å²) in [6, 6.07) is 8.82. The number of hydrogen-bond acceptors (Lipinski definition) is 4. The van der Waals surface area contributed by atoms with Crippen LogP contribution in [0.2, 0.25) is 5.02 Å². The number of hydroxylamine groups is 2. The molecule has 2 heterocycles. The van der Waals surface area contributed by atoms with Gasteiger partial charge in [-0.2, -0.15) is 0 Å². The second kappa shape index (κ2) is 6.28. The van der Waals surface area contributed by atoms with E-state index in [9.17, 15) is 4.79 Å². The number of carbonyl (C=O) groups is 1. The monoisotopic (exact) mass is 306 g/mol. The number of hydrogen-bond donors (Lipinski definition) is 0. The number of rotatable bonds is 2. The third-order valence-electron chi connectivity index (χ3n) is 3.32. The minimum absolute atomic E-state index is 0.242. The third-order valence-corrected chi connectivity index (χ3v) is 3.55. The topological polar surface area (TPSA) is 55.6 Å². The predicted octanol–water partition coefficient (Wildman–Crippen LogP) is 3.55. The summed E-state index contributed by atoms with van der Waals surface area (Å²) in [5, 5.41) is 5.81. The average Bonchev–Trinajstić information content (AvgIpc) is 2.82. The van der Waals surface area contributed by atoms with Crippen molar-refractivity contribution in [1.29, 1.82) is 0 Å². The van der Waals surface area contributed by atoms with E-state index in [-0.39, 0.29) is 11.6 Å². The van der Waals surface area contributed by atoms with E-state index in [2.05, 4.69) is 5.16 Å². The molecule has 1 saturated heterocycles. The average molecular weight is 307 g/mol. The molecule has 0 radical (unpaired) electrons. The Morgan fingerprint density at radius 1 is 1.24 bits per heavy atom. The normalized spacial score (nSPS) is 15.8. The first kappa shape index (κ1) is 14.1. The summed E-state index contributed by atoms with van der Waals surface area (Å²) in [6.07, 6.45) is 2.97. The summed E-state index contributed by atoms with van der Waals surface area (Å²) in [5.41, 5.74) is 1.03. The molecule has 0 spiro atoms. The van der Waals surface area contributed by atoms with Crippen LogP contribution in [0.25, 0.3) is 11.3 Å². The number of aromatic nitrogens is 1. The lowest BCUT2D eigenvalue weighted by atomic mass is 10.1. The molecule has 2 aromatic rings. The fourth-order valence-electron chi connectivity index (χ4n) is 2.22. The molecule has 0 saturated carbocycles. The SMILES string of the molecule is O=C(c1cc(-c2cccc(Cl)c2)on1)N1CCCCCO1. The van der Waals surface area contributed by atoms with Gasteiger partial charge in [0.15, 0.2) is 11.5 Å². The predicted molar refractivity (Wildman–Crippen MR) is 77.8 cm³/mol. The minimum atomic E-state index is -0.270. The van der Waals surface area contributed by atoms with Crippen LogP contribution >= 0.6 is 11.6 Å². The smallest absolute Gasteiger partial charge is 0.299 e. The second-order valence-electron chi connectivity index (χ2n) is 4.89. The molecule has 1 aromatic heterocycles. The van der Waals surface area contributed by atoms with Crippen LogP contribution in [-0.2, 0) is 4.84 Å². The quantitative estimate of drug-likeness (QED) is 0.851. The molecule has 3 rings (SSSR count). The van der Waals surface area contributed by atoms with Gasteiger partial charge in [-0.1, -0.05) is 28.9 Å². The van der Waals surface area contributed by atoms with E-state index < -0.39 is 0 Å². The molecule has 1 fully saturated rings. The van der Waals surface area contributed by atoms with Crippen LogP contribution in [0.3, 0.4) is 0 Å². The zero-order chi connectivity index (χ0) is 14.7. The van der Waals surface area contributed by atoms with Crippen molar-refractivity contribution in [2.45, 2.75) is 19.3 Å². The van der Waals surface area contributed by atoms with Crippen molar-refractivity contribution in [2.75, 3.05) is 13.2 Å². The maximum atomic E-state index is 12.3. The Balaban J connectivity index is 1.79. The van der Waals surface area contributed by atoms with Crippen LogP contribution in [0, 0.1) is 0 Å². The van der Waals surface area contributed by atoms with Crippen molar-refractivity contribution >= 4 is 17.5 Å². The maximum Gasteiger partial charge on any atom is 0.299 e. The largest absolute Gasteiger partial charge is 0.355 e. The lowest BCUT2D eigenvalue weighted by Gasteiger charge is -2.17. The summed E-state index contributed by atoms with van der Waals surface area (Å²) in [6.45, 7) is 1.14. The lowest BCUT2D eigenvalue weighted by Crippen LogP contribution is -2.31. The number of carbonyl (C=O) groups excluding carboxylic acids is 1. The number of nitrogens with zero attached hydrogens (tertiary/aromatic N) is 2. The molecule has 0 N–H and O–H groups in total. The molecule has 110 valence electrons. The zero-order valence-electron chi connectivity index (χ0n) is 11.4. The van der Waals surface area contributed by atoms with Crippen LogP contribution in [0.1, 0.15) is 29.8 Å². The van der Waals surface area contributed by atoms with Gasteiger partial charge < -0.3 is 4.52 Å². The van der Waals surface area contributed by atoms with Gasteiger partial charge in [0.1, 0.15) is 0 Å². The Hall–Kier alpha value is -1.85. The van der Waals surface area contributed by atoms with E-state index in [1.54, 1.807) is 18.2 Å². The van der Waals surface area contributed by atoms with Crippen LogP contribution in [-0.4, -0.2) is 29.3 Å². The molecule has 1 aliphatic rings. The van der Waals surface area contributed by atoms with Gasteiger partial charge >= 0.3 is 0 Å². The molecule has 0 atom stereocenters. The highest BCUT2D eigenvalue weighted by Gasteiger charge is 2.22. The van der Waals surface area contributed by atoms with Crippen molar-refractivity contribution in [3.63, 3.8) is 0 Å². The van der Waals surface area contributed by atoms with Crippen LogP contribution in [0.5, 0.6) is 0 Å². The molecule has 1 amide bonds. The van der Waals surface area contributed by atoms with Crippen LogP contribution in [0.15, 0.2) is 34.9 Å². The van der Waals surface area contributed by atoms with Crippen molar-refractivity contribution in [1.82, 2.24) is 10.2 Å². The molecule has 1 aliphatic heterocycles. The van der Waals surface area contributed by atoms with Gasteiger partial charge in [-0.05, 0) is 31.4 Å². The Kier molecular flexibility index (Phi) is 4.22. The van der Waals surface area contributed by atoms with E-state index in [1.807, 2.05) is 12.1 Å². The fourth-order valence-corrected chi connectivity index (χ4v) is 2.41. The standard InChI is InChI=1S/C15H15ClN2O3/c16-12-6-4-5-11(9-12)14-10-13(17-21-14)15(19)18-7-2-1-3-8-20-18/h4-6,9-10H,1-3,7-8H2. The number of benzene rings is 1. The van der Waals surface area contributed by atoms with E-state index in [0.29, 0.717) is 23.9 Å². The van der Waals surface area contributed by atoms with Crippen molar-refractivity contribution in [2.24, 2.45) is 0 Å². The number of halogens is 1. The second-order valence-corrected chi connectivity index (χ2v) is 5.32. The molecular formula is C15H15ClN2O3. The number of amides is 1. The first-order valence-electron chi connectivity index (χ1n) is 6.91. The first-order chi connectivity index (χ1) is 10.2. The molecular weight excluding hydrogens is 292 g/mol. The van der Waals surface area contributed by atoms with Crippen LogP contribution < -0.4 is 0 Å². The van der Waals surface area contributed by atoms with Crippen molar-refractivity contribution in [3.05, 3.63) is 41.0 Å². The minimum Gasteiger partial charge on any atom is -0.355 e. The van der Waals surface area contributed by atoms with E-state index in [1.165, 1.54) is 5.06 Å². The third kappa shape index (κ3) is 3.25. The van der Waals surface area contributed by atoms with E-state index in [4.69, 9.17) is 21.0 Å². The zero-order valence-corrected chi connectivity index (χ0v) is 12.2. The summed E-state index contributed by atoms with van der Waals surface area (Å²) < 4.78 is 5.24. The van der Waals surface area contributed by atoms with Gasteiger partial charge in [0.2, 0.25) is 0 Å². The van der Waals surface area contributed by atoms with Gasteiger partial charge in [0.05, 0.1) is 6.61 Å². The summed E-state index contributed by atoms with van der Waals surface area (Å²) in [7, 11) is 0. The molecule has 0 bridgehead atoms. The lowest BCUT2D eigenvalue weighted by molar-refractivity contribution is -0.116. The summed E-state index contributed by atoms with van der Waals surface area (Å²) in [4.78, 5) is 17.8. The molecule has 6 heteroatoms. The molecule has 5 nitrogen and oxygen atoms in total. The fraction of sp³-hybridized carbons (Fsp3) is 0.333. The molecule has 21 heavy (non-hydrogen) atoms. The van der Waals surface area contributed by atoms with Crippen LogP contribution in [0.4, 0.5) is 0 Å². The molecule has 0 unspecified atom stereocenters. The van der Waals surface area contributed by atoms with Crippen molar-refractivity contribution < 1.29 is 14.2 Å². The maximum absolute atomic E-state index is 12.3. The Morgan fingerprint density at radius 3 is 3.00 bits per heavy atom. The highest BCUT2D eigenvalue weighted by molar-refractivity contribution is 6.30. The van der Waals surface area contributed by atoms with Gasteiger partial charge in [-0.3, -0.25) is 9.63 Å². The molecule has 0 aliphatic carbocycles. The van der Waals surface area contributed by atoms with E-state index >= 15 is 0 Å². The summed E-state index contributed by atoms with van der Waals surface area (Å²) >= 11 is 5.95. The Labute approximate surface area is 127 Å². The van der Waals surface area contributed by atoms with E-state index in [0.717, 1.165) is 24.8 Å². The Morgan fingerprint density at radius 2 is 2.14 bits per heavy atom. The Bertz CT molecular complexity index is 633.